The van der Waals surface area contributed by atoms with E-state index in [9.17, 15) is 0 Å². The van der Waals surface area contributed by atoms with Gasteiger partial charge in [0.2, 0.25) is 0 Å². The summed E-state index contributed by atoms with van der Waals surface area (Å²) < 4.78 is 5.46. The zero-order chi connectivity index (χ0) is 12.8. The highest BCUT2D eigenvalue weighted by Gasteiger charge is 2.29. The highest BCUT2D eigenvalue weighted by molar-refractivity contribution is 14.0. The number of thioether (sulfide) groups is 1. The van der Waals surface area contributed by atoms with Crippen LogP contribution in [0.2, 0.25) is 0 Å². The van der Waals surface area contributed by atoms with Gasteiger partial charge in [0.05, 0.1) is 6.61 Å². The van der Waals surface area contributed by atoms with Crippen molar-refractivity contribution in [1.82, 2.24) is 10.6 Å². The molecule has 112 valence electrons. The van der Waals surface area contributed by atoms with Crippen LogP contribution in [-0.4, -0.2) is 50.3 Å². The van der Waals surface area contributed by atoms with Crippen LogP contribution in [0.25, 0.3) is 0 Å². The van der Waals surface area contributed by atoms with E-state index in [2.05, 4.69) is 34.3 Å². The number of halogens is 1. The predicted octanol–water partition coefficient (Wildman–Crippen LogP) is 2.09. The molecule has 2 fully saturated rings. The molecule has 4 nitrogen and oxygen atoms in total. The minimum Gasteiger partial charge on any atom is -0.381 e. The van der Waals surface area contributed by atoms with Gasteiger partial charge in [-0.3, -0.25) is 4.99 Å². The van der Waals surface area contributed by atoms with Gasteiger partial charge in [-0.05, 0) is 25.0 Å². The molecule has 0 spiro atoms. The number of hydrogen-bond acceptors (Lipinski definition) is 3. The fraction of sp³-hybridized carbons (Fsp3) is 0.923. The fourth-order valence-electron chi connectivity index (χ4n) is 2.38. The molecule has 0 radical (unpaired) electrons. The third kappa shape index (κ3) is 5.67. The molecule has 0 aromatic carbocycles. The van der Waals surface area contributed by atoms with Crippen LogP contribution in [0.1, 0.15) is 26.2 Å². The fourth-order valence-corrected chi connectivity index (χ4v) is 3.58. The van der Waals surface area contributed by atoms with Gasteiger partial charge in [0.1, 0.15) is 0 Å². The molecule has 2 rings (SSSR count). The first-order chi connectivity index (χ1) is 8.72. The second-order valence-corrected chi connectivity index (χ2v) is 6.96. The number of rotatable bonds is 4. The van der Waals surface area contributed by atoms with Crippen LogP contribution in [0.3, 0.4) is 0 Å². The van der Waals surface area contributed by atoms with Crippen molar-refractivity contribution in [1.29, 1.82) is 0 Å². The number of guanidine groups is 1. The van der Waals surface area contributed by atoms with Crippen molar-refractivity contribution in [3.05, 3.63) is 0 Å². The summed E-state index contributed by atoms with van der Waals surface area (Å²) in [6.07, 6.45) is 3.83. The lowest BCUT2D eigenvalue weighted by Crippen LogP contribution is -2.44. The van der Waals surface area contributed by atoms with Crippen molar-refractivity contribution in [2.45, 2.75) is 31.4 Å². The van der Waals surface area contributed by atoms with Gasteiger partial charge in [-0.15, -0.1) is 24.0 Å². The molecule has 6 heteroatoms. The van der Waals surface area contributed by atoms with Crippen LogP contribution in [-0.2, 0) is 4.74 Å². The van der Waals surface area contributed by atoms with Crippen molar-refractivity contribution < 1.29 is 4.74 Å². The molecule has 0 aromatic rings. The standard InChI is InChI=1S/C13H25N3OS.HI/c1-13(5-6-17-10-13)9-16-12(14-2)15-8-11-4-3-7-18-11;/h11H,3-10H2,1-2H3,(H2,14,15,16);1H. The van der Waals surface area contributed by atoms with E-state index in [0.717, 1.165) is 43.9 Å². The maximum Gasteiger partial charge on any atom is 0.191 e. The molecule has 0 amide bonds. The Labute approximate surface area is 137 Å². The minimum atomic E-state index is 0. The number of hydrogen-bond donors (Lipinski definition) is 2. The van der Waals surface area contributed by atoms with Crippen molar-refractivity contribution in [2.75, 3.05) is 39.1 Å². The molecule has 2 saturated heterocycles. The topological polar surface area (TPSA) is 45.7 Å². The SMILES string of the molecule is CN=C(NCC1CCCS1)NCC1(C)CCOC1.I. The summed E-state index contributed by atoms with van der Waals surface area (Å²) in [5, 5.41) is 7.61. The maximum absolute atomic E-state index is 5.46. The highest BCUT2D eigenvalue weighted by Crippen LogP contribution is 2.27. The summed E-state index contributed by atoms with van der Waals surface area (Å²) in [4.78, 5) is 4.29. The molecule has 2 unspecified atom stereocenters. The number of aliphatic imine (C=N–C) groups is 1. The second-order valence-electron chi connectivity index (χ2n) is 5.55. The summed E-state index contributed by atoms with van der Waals surface area (Å²) in [5.74, 6) is 2.24. The minimum absolute atomic E-state index is 0. The summed E-state index contributed by atoms with van der Waals surface area (Å²) in [6.45, 7) is 5.98. The Kier molecular flexibility index (Phi) is 7.83. The van der Waals surface area contributed by atoms with Crippen LogP contribution in [0, 0.1) is 5.41 Å². The largest absolute Gasteiger partial charge is 0.381 e. The van der Waals surface area contributed by atoms with Crippen molar-refractivity contribution in [3.63, 3.8) is 0 Å². The Hall–Kier alpha value is 0.310. The van der Waals surface area contributed by atoms with Gasteiger partial charge in [0.25, 0.3) is 0 Å². The Morgan fingerprint density at radius 1 is 1.47 bits per heavy atom. The summed E-state index contributed by atoms with van der Waals surface area (Å²) >= 11 is 2.07. The molecule has 2 N–H and O–H groups in total. The molecule has 19 heavy (non-hydrogen) atoms. The average molecular weight is 399 g/mol. The summed E-state index contributed by atoms with van der Waals surface area (Å²) in [6, 6.07) is 0. The third-order valence-corrected chi connectivity index (χ3v) is 5.13. The zero-order valence-corrected chi connectivity index (χ0v) is 15.1. The van der Waals surface area contributed by atoms with Crippen LogP contribution in [0.5, 0.6) is 0 Å². The van der Waals surface area contributed by atoms with Crippen LogP contribution in [0.15, 0.2) is 4.99 Å². The smallest absolute Gasteiger partial charge is 0.191 e. The maximum atomic E-state index is 5.46. The average Bonchev–Trinajstić information content (AvgIpc) is 3.01. The first-order valence-corrected chi connectivity index (χ1v) is 7.91. The lowest BCUT2D eigenvalue weighted by atomic mass is 9.90. The van der Waals surface area contributed by atoms with Crippen LogP contribution in [0.4, 0.5) is 0 Å². The summed E-state index contributed by atoms with van der Waals surface area (Å²) in [5.41, 5.74) is 0.264. The quantitative estimate of drug-likeness (QED) is 0.432. The lowest BCUT2D eigenvalue weighted by Gasteiger charge is -2.24. The highest BCUT2D eigenvalue weighted by atomic mass is 127. The van der Waals surface area contributed by atoms with E-state index >= 15 is 0 Å². The molecule has 2 atom stereocenters. The number of nitrogens with zero attached hydrogens (tertiary/aromatic N) is 1. The molecule has 0 aromatic heterocycles. The van der Waals surface area contributed by atoms with Crippen LogP contribution >= 0.6 is 35.7 Å². The Bertz CT molecular complexity index is 290. The first kappa shape index (κ1) is 17.4. The molecule has 2 aliphatic rings. The van der Waals surface area contributed by atoms with Gasteiger partial charge >= 0.3 is 0 Å². The van der Waals surface area contributed by atoms with Crippen molar-refractivity contribution in [2.24, 2.45) is 10.4 Å². The molecular formula is C13H26IN3OS. The molecule has 0 aliphatic carbocycles. The predicted molar refractivity (Wildman–Crippen MR) is 93.8 cm³/mol. The molecule has 0 saturated carbocycles. The molecule has 0 bridgehead atoms. The van der Waals surface area contributed by atoms with Crippen molar-refractivity contribution in [3.8, 4) is 0 Å². The van der Waals surface area contributed by atoms with E-state index in [1.54, 1.807) is 0 Å². The van der Waals surface area contributed by atoms with E-state index in [0.29, 0.717) is 0 Å². The van der Waals surface area contributed by atoms with Gasteiger partial charge in [0.15, 0.2) is 5.96 Å². The Morgan fingerprint density at radius 3 is 2.89 bits per heavy atom. The number of nitrogens with one attached hydrogen (secondary N) is 2. The van der Waals surface area contributed by atoms with E-state index in [1.807, 2.05) is 7.05 Å². The van der Waals surface area contributed by atoms with Gasteiger partial charge in [-0.1, -0.05) is 6.92 Å². The van der Waals surface area contributed by atoms with Crippen molar-refractivity contribution >= 4 is 41.7 Å². The monoisotopic (exact) mass is 399 g/mol. The Morgan fingerprint density at radius 2 is 2.32 bits per heavy atom. The van der Waals surface area contributed by atoms with E-state index < -0.39 is 0 Å². The van der Waals surface area contributed by atoms with Gasteiger partial charge < -0.3 is 15.4 Å². The number of ether oxygens (including phenoxy) is 1. The normalized spacial score (nSPS) is 31.1. The molecular weight excluding hydrogens is 373 g/mol. The van der Waals surface area contributed by atoms with Gasteiger partial charge in [0, 0.05) is 37.4 Å². The zero-order valence-electron chi connectivity index (χ0n) is 11.9. The lowest BCUT2D eigenvalue weighted by molar-refractivity contribution is 0.160. The second kappa shape index (κ2) is 8.56. The van der Waals surface area contributed by atoms with E-state index in [4.69, 9.17) is 4.74 Å². The van der Waals surface area contributed by atoms with E-state index in [1.165, 1.54) is 18.6 Å². The molecule has 2 aliphatic heterocycles. The van der Waals surface area contributed by atoms with Crippen LogP contribution < -0.4 is 10.6 Å². The molecule has 2 heterocycles. The van der Waals surface area contributed by atoms with Gasteiger partial charge in [-0.2, -0.15) is 11.8 Å². The van der Waals surface area contributed by atoms with E-state index in [-0.39, 0.29) is 29.4 Å². The third-order valence-electron chi connectivity index (χ3n) is 3.73. The first-order valence-electron chi connectivity index (χ1n) is 6.86. The Balaban J connectivity index is 0.00000180. The summed E-state index contributed by atoms with van der Waals surface area (Å²) in [7, 11) is 1.84. The van der Waals surface area contributed by atoms with Gasteiger partial charge in [-0.25, -0.2) is 0 Å².